The molecule has 1 aliphatic carbocycles. The zero-order valence-electron chi connectivity index (χ0n) is 11.3. The molecule has 0 amide bonds. The summed E-state index contributed by atoms with van der Waals surface area (Å²) in [5.74, 6) is -0.0583. The van der Waals surface area contributed by atoms with Crippen molar-refractivity contribution in [2.24, 2.45) is 0 Å². The van der Waals surface area contributed by atoms with Crippen LogP contribution in [-0.4, -0.2) is 24.1 Å². The molecule has 1 aromatic heterocycles. The largest absolute Gasteiger partial charge is 0.465 e. The van der Waals surface area contributed by atoms with E-state index in [9.17, 15) is 4.79 Å². The van der Waals surface area contributed by atoms with Gasteiger partial charge in [0, 0.05) is 6.04 Å². The van der Waals surface area contributed by atoms with E-state index in [-0.39, 0.29) is 5.97 Å². The van der Waals surface area contributed by atoms with Gasteiger partial charge in [0.25, 0.3) is 0 Å². The second-order valence-corrected chi connectivity index (χ2v) is 4.98. The van der Waals surface area contributed by atoms with Gasteiger partial charge in [0.1, 0.15) is 5.82 Å². The minimum Gasteiger partial charge on any atom is -0.465 e. The fourth-order valence-corrected chi connectivity index (χ4v) is 2.51. The Balaban J connectivity index is 2.16. The predicted molar refractivity (Wildman–Crippen MR) is 75.1 cm³/mol. The summed E-state index contributed by atoms with van der Waals surface area (Å²) in [6.45, 7) is 0. The minimum atomic E-state index is -0.384. The van der Waals surface area contributed by atoms with Crippen molar-refractivity contribution in [3.05, 3.63) is 17.8 Å². The van der Waals surface area contributed by atoms with E-state index in [1.54, 1.807) is 12.3 Å². The molecule has 0 unspecified atom stereocenters. The number of carbonyl (C=O) groups excluding carboxylic acids is 1. The Labute approximate surface area is 113 Å². The van der Waals surface area contributed by atoms with Crippen LogP contribution < -0.4 is 11.1 Å². The van der Waals surface area contributed by atoms with Gasteiger partial charge in [0.2, 0.25) is 0 Å². The van der Waals surface area contributed by atoms with E-state index < -0.39 is 0 Å². The Morgan fingerprint density at radius 2 is 2.05 bits per heavy atom. The maximum atomic E-state index is 11.8. The number of nitrogens with zero attached hydrogens (tertiary/aromatic N) is 1. The Bertz CT molecular complexity index is 440. The molecule has 1 fully saturated rings. The molecule has 5 heteroatoms. The predicted octanol–water partition coefficient (Wildman–Crippen LogP) is 2.59. The van der Waals surface area contributed by atoms with Gasteiger partial charge in [0.05, 0.1) is 24.6 Å². The van der Waals surface area contributed by atoms with Crippen LogP contribution in [0.3, 0.4) is 0 Å². The monoisotopic (exact) mass is 263 g/mol. The highest BCUT2D eigenvalue weighted by atomic mass is 16.5. The van der Waals surface area contributed by atoms with Crippen molar-refractivity contribution in [2.45, 2.75) is 44.6 Å². The summed E-state index contributed by atoms with van der Waals surface area (Å²) in [7, 11) is 1.37. The first-order valence-corrected chi connectivity index (χ1v) is 6.81. The smallest absolute Gasteiger partial charge is 0.340 e. The molecule has 1 saturated carbocycles. The highest BCUT2D eigenvalue weighted by Crippen LogP contribution is 2.24. The Hall–Kier alpha value is -1.78. The molecule has 0 aromatic carbocycles. The molecule has 104 valence electrons. The molecule has 1 heterocycles. The van der Waals surface area contributed by atoms with E-state index in [2.05, 4.69) is 10.3 Å². The van der Waals surface area contributed by atoms with Gasteiger partial charge >= 0.3 is 5.97 Å². The first-order valence-electron chi connectivity index (χ1n) is 6.81. The van der Waals surface area contributed by atoms with Gasteiger partial charge in [0.15, 0.2) is 0 Å². The molecule has 0 atom stereocenters. The lowest BCUT2D eigenvalue weighted by Gasteiger charge is -2.19. The number of nitrogens with one attached hydrogen (secondary N) is 1. The van der Waals surface area contributed by atoms with Crippen molar-refractivity contribution in [1.82, 2.24) is 4.98 Å². The van der Waals surface area contributed by atoms with E-state index in [0.29, 0.717) is 23.1 Å². The summed E-state index contributed by atoms with van der Waals surface area (Å²) in [5, 5.41) is 3.41. The molecule has 5 nitrogen and oxygen atoms in total. The van der Waals surface area contributed by atoms with E-state index in [1.165, 1.54) is 32.8 Å². The molecule has 19 heavy (non-hydrogen) atoms. The molecule has 0 aliphatic heterocycles. The van der Waals surface area contributed by atoms with Crippen LogP contribution in [-0.2, 0) is 4.74 Å². The molecule has 3 N–H and O–H groups in total. The zero-order valence-corrected chi connectivity index (χ0v) is 11.3. The number of nitrogens with two attached hydrogens (primary N) is 1. The van der Waals surface area contributed by atoms with Gasteiger partial charge in [-0.3, -0.25) is 0 Å². The molecule has 0 spiro atoms. The van der Waals surface area contributed by atoms with Crippen molar-refractivity contribution < 1.29 is 9.53 Å². The van der Waals surface area contributed by atoms with Crippen LogP contribution >= 0.6 is 0 Å². The SMILES string of the molecule is COC(=O)c1cc(N)ncc1NC1CCCCCC1. The van der Waals surface area contributed by atoms with Crippen LogP contribution in [0, 0.1) is 0 Å². The molecular weight excluding hydrogens is 242 g/mol. The van der Waals surface area contributed by atoms with Crippen LogP contribution in [0.5, 0.6) is 0 Å². The van der Waals surface area contributed by atoms with Crippen LogP contribution in [0.1, 0.15) is 48.9 Å². The summed E-state index contributed by atoms with van der Waals surface area (Å²) >= 11 is 0. The normalized spacial score (nSPS) is 16.7. The second-order valence-electron chi connectivity index (χ2n) is 4.98. The lowest BCUT2D eigenvalue weighted by atomic mass is 10.1. The summed E-state index contributed by atoms with van der Waals surface area (Å²) in [4.78, 5) is 15.8. The first-order chi connectivity index (χ1) is 9.20. The molecule has 0 saturated heterocycles. The molecule has 1 aliphatic rings. The number of aromatic nitrogens is 1. The van der Waals surface area contributed by atoms with Gasteiger partial charge in [-0.25, -0.2) is 9.78 Å². The third kappa shape index (κ3) is 3.59. The molecule has 1 aromatic rings. The van der Waals surface area contributed by atoms with E-state index in [1.807, 2.05) is 0 Å². The third-order valence-electron chi connectivity index (χ3n) is 3.55. The highest BCUT2D eigenvalue weighted by molar-refractivity contribution is 5.96. The fourth-order valence-electron chi connectivity index (χ4n) is 2.51. The van der Waals surface area contributed by atoms with Crippen molar-refractivity contribution in [1.29, 1.82) is 0 Å². The number of hydrogen-bond acceptors (Lipinski definition) is 5. The number of anilines is 2. The average molecular weight is 263 g/mol. The van der Waals surface area contributed by atoms with Crippen molar-refractivity contribution >= 4 is 17.5 Å². The standard InChI is InChI=1S/C14H21N3O2/c1-19-14(18)11-8-13(15)16-9-12(11)17-10-6-4-2-3-5-7-10/h8-10,17H,2-7H2,1H3,(H2,15,16). The highest BCUT2D eigenvalue weighted by Gasteiger charge is 2.17. The molecular formula is C14H21N3O2. The lowest BCUT2D eigenvalue weighted by Crippen LogP contribution is -2.20. The summed E-state index contributed by atoms with van der Waals surface area (Å²) < 4.78 is 4.78. The molecule has 0 bridgehead atoms. The minimum absolute atomic E-state index is 0.326. The number of carbonyl (C=O) groups is 1. The van der Waals surface area contributed by atoms with Crippen molar-refractivity contribution in [2.75, 3.05) is 18.2 Å². The maximum Gasteiger partial charge on any atom is 0.340 e. The Kier molecular flexibility index (Phi) is 4.60. The number of rotatable bonds is 3. The van der Waals surface area contributed by atoms with Gasteiger partial charge in [-0.05, 0) is 18.9 Å². The van der Waals surface area contributed by atoms with Gasteiger partial charge in [-0.1, -0.05) is 25.7 Å². The first kappa shape index (κ1) is 13.6. The van der Waals surface area contributed by atoms with Crippen molar-refractivity contribution in [3.8, 4) is 0 Å². The average Bonchev–Trinajstić information content (AvgIpc) is 2.68. The van der Waals surface area contributed by atoms with Gasteiger partial charge < -0.3 is 15.8 Å². The third-order valence-corrected chi connectivity index (χ3v) is 3.55. The number of methoxy groups -OCH3 is 1. The maximum absolute atomic E-state index is 11.8. The summed E-state index contributed by atoms with van der Waals surface area (Å²) in [5.41, 5.74) is 6.80. The number of esters is 1. The zero-order chi connectivity index (χ0) is 13.7. The summed E-state index contributed by atoms with van der Waals surface area (Å²) in [6, 6.07) is 1.96. The van der Waals surface area contributed by atoms with Gasteiger partial charge in [-0.2, -0.15) is 0 Å². The second kappa shape index (κ2) is 6.41. The van der Waals surface area contributed by atoms with Crippen LogP contribution in [0.2, 0.25) is 0 Å². The van der Waals surface area contributed by atoms with Crippen LogP contribution in [0.15, 0.2) is 12.3 Å². The molecule has 2 rings (SSSR count). The lowest BCUT2D eigenvalue weighted by molar-refractivity contribution is 0.0601. The fraction of sp³-hybridized carbons (Fsp3) is 0.571. The number of ether oxygens (including phenoxy) is 1. The Morgan fingerprint density at radius 1 is 1.37 bits per heavy atom. The van der Waals surface area contributed by atoms with Crippen molar-refractivity contribution in [3.63, 3.8) is 0 Å². The quantitative estimate of drug-likeness (QED) is 0.647. The summed E-state index contributed by atoms with van der Waals surface area (Å²) in [6.07, 6.45) is 8.92. The number of nitrogen functional groups attached to an aromatic ring is 1. The molecule has 0 radical (unpaired) electrons. The van der Waals surface area contributed by atoms with Crippen LogP contribution in [0.25, 0.3) is 0 Å². The van der Waals surface area contributed by atoms with Gasteiger partial charge in [-0.15, -0.1) is 0 Å². The topological polar surface area (TPSA) is 77.2 Å². The van der Waals surface area contributed by atoms with E-state index >= 15 is 0 Å². The van der Waals surface area contributed by atoms with E-state index in [4.69, 9.17) is 10.5 Å². The number of pyridine rings is 1. The number of hydrogen-bond donors (Lipinski definition) is 2. The van der Waals surface area contributed by atoms with E-state index in [0.717, 1.165) is 12.8 Å². The van der Waals surface area contributed by atoms with Crippen LogP contribution in [0.4, 0.5) is 11.5 Å². The Morgan fingerprint density at radius 3 is 2.68 bits per heavy atom.